The van der Waals surface area contributed by atoms with E-state index in [2.05, 4.69) is 15.7 Å². The zero-order chi connectivity index (χ0) is 24.1. The van der Waals surface area contributed by atoms with Gasteiger partial charge in [-0.3, -0.25) is 9.48 Å². The van der Waals surface area contributed by atoms with Crippen LogP contribution in [0.3, 0.4) is 0 Å². The van der Waals surface area contributed by atoms with Crippen molar-refractivity contribution in [2.24, 2.45) is 0 Å². The van der Waals surface area contributed by atoms with Crippen LogP contribution in [0.1, 0.15) is 40.4 Å². The largest absolute Gasteiger partial charge is 0.490 e. The second-order valence-electron chi connectivity index (χ2n) is 7.03. The van der Waals surface area contributed by atoms with E-state index in [-0.39, 0.29) is 11.6 Å². The number of rotatable bonds is 3. The van der Waals surface area contributed by atoms with Crippen molar-refractivity contribution in [2.75, 3.05) is 18.4 Å². The summed E-state index contributed by atoms with van der Waals surface area (Å²) in [4.78, 5) is 21.2. The molecule has 3 rings (SSSR count). The number of carboxylic acids is 1. The first-order chi connectivity index (χ1) is 14.8. The van der Waals surface area contributed by atoms with E-state index >= 15 is 0 Å². The second-order valence-corrected chi connectivity index (χ2v) is 7.03. The molecule has 7 nitrogen and oxygen atoms in total. The van der Waals surface area contributed by atoms with Crippen molar-refractivity contribution in [3.05, 3.63) is 47.3 Å². The molecule has 1 aromatic carbocycles. The van der Waals surface area contributed by atoms with Gasteiger partial charge in [0, 0.05) is 11.8 Å². The predicted octanol–water partition coefficient (Wildman–Crippen LogP) is 4.02. The first kappa shape index (κ1) is 25.2. The van der Waals surface area contributed by atoms with Crippen LogP contribution < -0.4 is 10.6 Å². The summed E-state index contributed by atoms with van der Waals surface area (Å²) in [7, 11) is 0. The Bertz CT molecular complexity index is 949. The normalized spacial score (nSPS) is 15.0. The summed E-state index contributed by atoms with van der Waals surface area (Å²) >= 11 is 0. The van der Waals surface area contributed by atoms with Gasteiger partial charge in [0.05, 0.1) is 23.5 Å². The summed E-state index contributed by atoms with van der Waals surface area (Å²) in [5, 5.41) is 17.3. The number of carbonyl (C=O) groups is 2. The molecule has 13 heteroatoms. The number of halogens is 6. The third-order valence-electron chi connectivity index (χ3n) is 4.45. The molecule has 0 radical (unpaired) electrons. The average molecular weight is 466 g/mol. The molecule has 176 valence electrons. The number of hydrogen-bond donors (Lipinski definition) is 3. The van der Waals surface area contributed by atoms with Gasteiger partial charge >= 0.3 is 18.3 Å². The van der Waals surface area contributed by atoms with Gasteiger partial charge in [-0.1, -0.05) is 0 Å². The number of aromatic nitrogens is 2. The molecule has 3 N–H and O–H groups in total. The number of amides is 1. The van der Waals surface area contributed by atoms with Crippen LogP contribution in [0.5, 0.6) is 0 Å². The van der Waals surface area contributed by atoms with Crippen LogP contribution >= 0.6 is 0 Å². The van der Waals surface area contributed by atoms with Crippen molar-refractivity contribution in [1.29, 1.82) is 0 Å². The predicted molar refractivity (Wildman–Crippen MR) is 101 cm³/mol. The van der Waals surface area contributed by atoms with E-state index in [0.29, 0.717) is 11.3 Å². The average Bonchev–Trinajstić information content (AvgIpc) is 3.16. The number of aryl methyl sites for hydroxylation is 1. The topological polar surface area (TPSA) is 96.3 Å². The lowest BCUT2D eigenvalue weighted by Gasteiger charge is -2.22. The molecule has 1 aliphatic rings. The van der Waals surface area contributed by atoms with Gasteiger partial charge in [0.25, 0.3) is 5.91 Å². The van der Waals surface area contributed by atoms with E-state index in [4.69, 9.17) is 9.90 Å². The number of carbonyl (C=O) groups excluding carboxylic acids is 1. The molecule has 0 atom stereocenters. The highest BCUT2D eigenvalue weighted by Crippen LogP contribution is 2.31. The first-order valence-electron chi connectivity index (χ1n) is 9.32. The standard InChI is InChI=1S/C17H19F3N4O.C2HF3O2/c1-11-6-12(8-13(7-11)17(18,19)20)16(25)23-14-9-22-24(10-14)15-2-4-21-5-3-15;3-2(4,5)1(6)7/h6-10,15,21H,2-5H2,1H3,(H,23,25);(H,6,7). The molecule has 1 aliphatic heterocycles. The maximum atomic E-state index is 12.9. The smallest absolute Gasteiger partial charge is 0.475 e. The highest BCUT2D eigenvalue weighted by atomic mass is 19.4. The Morgan fingerprint density at radius 3 is 2.25 bits per heavy atom. The lowest BCUT2D eigenvalue weighted by molar-refractivity contribution is -0.192. The Hall–Kier alpha value is -3.09. The van der Waals surface area contributed by atoms with Crippen LogP contribution in [0.15, 0.2) is 30.6 Å². The number of hydrogen-bond acceptors (Lipinski definition) is 4. The van der Waals surface area contributed by atoms with Crippen molar-refractivity contribution < 1.29 is 41.0 Å². The summed E-state index contributed by atoms with van der Waals surface area (Å²) in [6, 6.07) is 3.58. The minimum absolute atomic E-state index is 0.0260. The fourth-order valence-corrected chi connectivity index (χ4v) is 2.95. The molecule has 2 aromatic rings. The highest BCUT2D eigenvalue weighted by molar-refractivity contribution is 6.04. The Morgan fingerprint density at radius 1 is 1.12 bits per heavy atom. The molecule has 32 heavy (non-hydrogen) atoms. The lowest BCUT2D eigenvalue weighted by atomic mass is 10.1. The number of nitrogens with one attached hydrogen (secondary N) is 2. The summed E-state index contributed by atoms with van der Waals surface area (Å²) in [6.45, 7) is 3.35. The van der Waals surface area contributed by atoms with Crippen LogP contribution in [0, 0.1) is 6.92 Å². The fraction of sp³-hybridized carbons (Fsp3) is 0.421. The molecule has 0 bridgehead atoms. The Morgan fingerprint density at radius 2 is 1.72 bits per heavy atom. The number of alkyl halides is 6. The molecular formula is C19H20F6N4O3. The lowest BCUT2D eigenvalue weighted by Crippen LogP contribution is -2.29. The fourth-order valence-electron chi connectivity index (χ4n) is 2.95. The van der Waals surface area contributed by atoms with E-state index in [0.717, 1.165) is 38.1 Å². The Kier molecular flexibility index (Phi) is 7.88. The molecule has 0 spiro atoms. The van der Waals surface area contributed by atoms with Gasteiger partial charge in [-0.2, -0.15) is 31.4 Å². The van der Waals surface area contributed by atoms with Gasteiger partial charge in [-0.05, 0) is 56.6 Å². The number of anilines is 1. The van der Waals surface area contributed by atoms with Gasteiger partial charge in [0.2, 0.25) is 0 Å². The summed E-state index contributed by atoms with van der Waals surface area (Å²) < 4.78 is 72.2. The molecular weight excluding hydrogens is 446 g/mol. The van der Waals surface area contributed by atoms with E-state index < -0.39 is 29.8 Å². The van der Waals surface area contributed by atoms with E-state index in [1.54, 1.807) is 10.9 Å². The van der Waals surface area contributed by atoms with Gasteiger partial charge in [0.1, 0.15) is 0 Å². The van der Waals surface area contributed by atoms with Crippen LogP contribution in [-0.4, -0.2) is 46.0 Å². The molecule has 1 saturated heterocycles. The molecule has 2 heterocycles. The third kappa shape index (κ3) is 7.25. The highest BCUT2D eigenvalue weighted by Gasteiger charge is 2.38. The maximum Gasteiger partial charge on any atom is 0.490 e. The summed E-state index contributed by atoms with van der Waals surface area (Å²) in [5.41, 5.74) is -0.00559. The van der Waals surface area contributed by atoms with E-state index in [1.165, 1.54) is 19.2 Å². The molecule has 0 aliphatic carbocycles. The number of benzene rings is 1. The van der Waals surface area contributed by atoms with Crippen LogP contribution in [-0.2, 0) is 11.0 Å². The quantitative estimate of drug-likeness (QED) is 0.594. The van der Waals surface area contributed by atoms with Gasteiger partial charge < -0.3 is 15.7 Å². The van der Waals surface area contributed by atoms with Crippen molar-refractivity contribution in [2.45, 2.75) is 38.2 Å². The minimum atomic E-state index is -5.08. The molecule has 0 saturated carbocycles. The SMILES string of the molecule is Cc1cc(C(=O)Nc2cnn(C3CCNCC3)c2)cc(C(F)(F)F)c1.O=C(O)C(F)(F)F. The second kappa shape index (κ2) is 10.0. The first-order valence-corrected chi connectivity index (χ1v) is 9.32. The zero-order valence-electron chi connectivity index (χ0n) is 16.7. The van der Waals surface area contributed by atoms with Crippen molar-refractivity contribution >= 4 is 17.6 Å². The van der Waals surface area contributed by atoms with E-state index in [1.807, 2.05) is 0 Å². The number of nitrogens with zero attached hydrogens (tertiary/aromatic N) is 2. The van der Waals surface area contributed by atoms with Crippen molar-refractivity contribution in [3.8, 4) is 0 Å². The Balaban J connectivity index is 0.000000451. The van der Waals surface area contributed by atoms with Gasteiger partial charge in [0.15, 0.2) is 0 Å². The molecule has 1 fully saturated rings. The van der Waals surface area contributed by atoms with Gasteiger partial charge in [-0.15, -0.1) is 0 Å². The summed E-state index contributed by atoms with van der Waals surface area (Å²) in [5.74, 6) is -3.34. The number of carboxylic acid groups (broad SMARTS) is 1. The third-order valence-corrected chi connectivity index (χ3v) is 4.45. The van der Waals surface area contributed by atoms with Crippen LogP contribution in [0.4, 0.5) is 32.0 Å². The van der Waals surface area contributed by atoms with Crippen molar-refractivity contribution in [1.82, 2.24) is 15.1 Å². The van der Waals surface area contributed by atoms with Crippen molar-refractivity contribution in [3.63, 3.8) is 0 Å². The zero-order valence-corrected chi connectivity index (χ0v) is 16.7. The maximum absolute atomic E-state index is 12.9. The van der Waals surface area contributed by atoms with E-state index in [9.17, 15) is 31.1 Å². The van der Waals surface area contributed by atoms with Crippen LogP contribution in [0.25, 0.3) is 0 Å². The van der Waals surface area contributed by atoms with Crippen LogP contribution in [0.2, 0.25) is 0 Å². The molecule has 1 amide bonds. The molecule has 0 unspecified atom stereocenters. The minimum Gasteiger partial charge on any atom is -0.475 e. The Labute approximate surface area is 178 Å². The monoisotopic (exact) mass is 466 g/mol. The molecule has 1 aromatic heterocycles. The summed E-state index contributed by atoms with van der Waals surface area (Å²) in [6.07, 6.45) is -4.44. The number of piperidine rings is 1. The number of aliphatic carboxylic acids is 1. The van der Waals surface area contributed by atoms with Gasteiger partial charge in [-0.25, -0.2) is 4.79 Å².